The molecule has 0 aliphatic rings. The molecule has 174 valence electrons. The fraction of sp³-hybridized carbons (Fsp3) is 0. The molecule has 0 saturated heterocycles. The summed E-state index contributed by atoms with van der Waals surface area (Å²) in [6, 6.07) is 24.9. The molecule has 9 heteroatoms. The number of aromatic nitrogens is 4. The maximum Gasteiger partial charge on any atom is 0.291 e. The Labute approximate surface area is 219 Å². The van der Waals surface area contributed by atoms with Crippen molar-refractivity contribution in [2.75, 3.05) is 0 Å². The molecule has 0 aliphatic carbocycles. The summed E-state index contributed by atoms with van der Waals surface area (Å²) in [5.41, 5.74) is 4.43. The van der Waals surface area contributed by atoms with Crippen LogP contribution in [-0.4, -0.2) is 26.1 Å². The van der Waals surface area contributed by atoms with E-state index in [0.29, 0.717) is 30.7 Å². The number of benzene rings is 3. The number of thiophene rings is 1. The van der Waals surface area contributed by atoms with E-state index in [1.165, 1.54) is 28.6 Å². The predicted molar refractivity (Wildman–Crippen MR) is 147 cm³/mol. The highest BCUT2D eigenvalue weighted by atomic mass is 35.5. The molecule has 0 bridgehead atoms. The number of halogens is 2. The molecular formula is C27H15Cl2N5OS. The first-order valence-corrected chi connectivity index (χ1v) is 12.5. The monoisotopic (exact) mass is 527 g/mol. The Kier molecular flexibility index (Phi) is 5.81. The summed E-state index contributed by atoms with van der Waals surface area (Å²) < 4.78 is 1.64. The first-order chi connectivity index (χ1) is 17.6. The summed E-state index contributed by atoms with van der Waals surface area (Å²) >= 11 is 13.5. The van der Waals surface area contributed by atoms with Crippen LogP contribution < -0.4 is 5.56 Å². The minimum absolute atomic E-state index is 0.301. The molecule has 0 radical (unpaired) electrons. The van der Waals surface area contributed by atoms with Crippen LogP contribution in [0.4, 0.5) is 0 Å². The number of nitrogens with zero attached hydrogens (tertiary/aromatic N) is 5. The lowest BCUT2D eigenvalue weighted by atomic mass is 9.97. The molecule has 3 aromatic heterocycles. The van der Waals surface area contributed by atoms with Gasteiger partial charge in [0.05, 0.1) is 16.8 Å². The summed E-state index contributed by atoms with van der Waals surface area (Å²) in [5, 5.41) is 15.1. The third kappa shape index (κ3) is 3.97. The normalized spacial score (nSPS) is 11.6. The van der Waals surface area contributed by atoms with Crippen LogP contribution in [0.3, 0.4) is 0 Å². The Morgan fingerprint density at radius 2 is 1.61 bits per heavy atom. The largest absolute Gasteiger partial charge is 0.291 e. The number of fused-ring (bicyclic) bond motifs is 3. The molecule has 0 N–H and O–H groups in total. The molecule has 6 rings (SSSR count). The van der Waals surface area contributed by atoms with Crippen LogP contribution in [0.2, 0.25) is 10.0 Å². The van der Waals surface area contributed by atoms with Crippen molar-refractivity contribution in [1.82, 2.24) is 19.9 Å². The standard InChI is InChI=1S/C27H15Cl2N5OS/c28-19-12-11-18(20(29)13-19)14-31-34-15-30-24-22-21(16-7-3-1-4-8-16)23(17-9-5-2-6-10-17)32-33-26(22)36-25(24)27(34)35/h1-15H/b31-14+. The van der Waals surface area contributed by atoms with Crippen LogP contribution in [0.15, 0.2) is 95.1 Å². The molecule has 36 heavy (non-hydrogen) atoms. The van der Waals surface area contributed by atoms with E-state index in [-0.39, 0.29) is 5.56 Å². The maximum absolute atomic E-state index is 13.4. The van der Waals surface area contributed by atoms with Crippen LogP contribution in [0.1, 0.15) is 5.56 Å². The molecule has 0 aliphatic heterocycles. The molecular weight excluding hydrogens is 513 g/mol. The second-order valence-corrected chi connectivity index (χ2v) is 9.76. The van der Waals surface area contributed by atoms with E-state index in [2.05, 4.69) is 20.3 Å². The van der Waals surface area contributed by atoms with Crippen LogP contribution in [0.25, 0.3) is 42.8 Å². The minimum Gasteiger partial charge on any atom is -0.266 e. The van der Waals surface area contributed by atoms with Crippen molar-refractivity contribution in [3.63, 3.8) is 0 Å². The lowest BCUT2D eigenvalue weighted by Crippen LogP contribution is -2.15. The van der Waals surface area contributed by atoms with Crippen molar-refractivity contribution >= 4 is 61.2 Å². The van der Waals surface area contributed by atoms with Gasteiger partial charge in [0, 0.05) is 27.1 Å². The highest BCUT2D eigenvalue weighted by molar-refractivity contribution is 7.25. The zero-order valence-electron chi connectivity index (χ0n) is 18.5. The van der Waals surface area contributed by atoms with E-state index in [0.717, 1.165) is 27.8 Å². The molecule has 6 nitrogen and oxygen atoms in total. The van der Waals surface area contributed by atoms with Gasteiger partial charge in [0.15, 0.2) is 0 Å². The van der Waals surface area contributed by atoms with Gasteiger partial charge >= 0.3 is 0 Å². The fourth-order valence-corrected chi connectivity index (χ4v) is 5.47. The molecule has 0 spiro atoms. The Hall–Kier alpha value is -3.91. The second-order valence-electron chi connectivity index (χ2n) is 7.92. The van der Waals surface area contributed by atoms with Gasteiger partial charge in [-0.05, 0) is 17.7 Å². The zero-order valence-corrected chi connectivity index (χ0v) is 20.8. The molecule has 0 atom stereocenters. The van der Waals surface area contributed by atoms with E-state index in [1.54, 1.807) is 18.2 Å². The van der Waals surface area contributed by atoms with Gasteiger partial charge in [-0.3, -0.25) is 4.79 Å². The van der Waals surface area contributed by atoms with Crippen molar-refractivity contribution in [2.24, 2.45) is 5.10 Å². The summed E-state index contributed by atoms with van der Waals surface area (Å²) in [5.74, 6) is 0. The van der Waals surface area contributed by atoms with E-state index >= 15 is 0 Å². The topological polar surface area (TPSA) is 73.0 Å². The van der Waals surface area contributed by atoms with Crippen LogP contribution in [0, 0.1) is 0 Å². The molecule has 6 aromatic rings. The van der Waals surface area contributed by atoms with Gasteiger partial charge in [-0.25, -0.2) is 4.98 Å². The predicted octanol–water partition coefficient (Wildman–Crippen LogP) is 6.92. The highest BCUT2D eigenvalue weighted by Crippen LogP contribution is 2.41. The number of hydrogen-bond donors (Lipinski definition) is 0. The van der Waals surface area contributed by atoms with Crippen molar-refractivity contribution in [3.8, 4) is 22.4 Å². The highest BCUT2D eigenvalue weighted by Gasteiger charge is 2.21. The molecule has 0 amide bonds. The SMILES string of the molecule is O=c1c2sc3nnc(-c4ccccc4)c(-c4ccccc4)c3c2ncn1/N=C/c1ccc(Cl)cc1Cl. The summed E-state index contributed by atoms with van der Waals surface area (Å²) in [6.45, 7) is 0. The van der Waals surface area contributed by atoms with Gasteiger partial charge < -0.3 is 0 Å². The summed E-state index contributed by atoms with van der Waals surface area (Å²) in [4.78, 5) is 18.7. The van der Waals surface area contributed by atoms with Crippen molar-refractivity contribution in [1.29, 1.82) is 0 Å². The van der Waals surface area contributed by atoms with E-state index in [4.69, 9.17) is 23.2 Å². The van der Waals surface area contributed by atoms with Crippen molar-refractivity contribution < 1.29 is 0 Å². The molecule has 3 aromatic carbocycles. The maximum atomic E-state index is 13.4. The van der Waals surface area contributed by atoms with Gasteiger partial charge in [-0.15, -0.1) is 21.5 Å². The lowest BCUT2D eigenvalue weighted by Gasteiger charge is -2.10. The zero-order chi connectivity index (χ0) is 24.6. The fourth-order valence-electron chi connectivity index (χ4n) is 4.00. The molecule has 0 saturated carbocycles. The smallest absolute Gasteiger partial charge is 0.266 e. The van der Waals surface area contributed by atoms with E-state index < -0.39 is 0 Å². The second kappa shape index (κ2) is 9.28. The third-order valence-corrected chi connectivity index (χ3v) is 7.30. The molecule has 3 heterocycles. The molecule has 0 fully saturated rings. The van der Waals surface area contributed by atoms with Crippen LogP contribution in [-0.2, 0) is 0 Å². The van der Waals surface area contributed by atoms with Gasteiger partial charge in [-0.1, -0.05) is 89.9 Å². The number of rotatable bonds is 4. The van der Waals surface area contributed by atoms with Gasteiger partial charge in [-0.2, -0.15) is 9.78 Å². The van der Waals surface area contributed by atoms with Crippen molar-refractivity contribution in [2.45, 2.75) is 0 Å². The minimum atomic E-state index is -0.301. The van der Waals surface area contributed by atoms with Gasteiger partial charge in [0.25, 0.3) is 5.56 Å². The van der Waals surface area contributed by atoms with Gasteiger partial charge in [0.1, 0.15) is 21.6 Å². The van der Waals surface area contributed by atoms with Crippen LogP contribution in [0.5, 0.6) is 0 Å². The first kappa shape index (κ1) is 22.5. The van der Waals surface area contributed by atoms with Crippen molar-refractivity contribution in [3.05, 3.63) is 111 Å². The Bertz CT molecular complexity index is 1830. The lowest BCUT2D eigenvalue weighted by molar-refractivity contribution is 0.819. The van der Waals surface area contributed by atoms with E-state index in [9.17, 15) is 4.79 Å². The third-order valence-electron chi connectivity index (χ3n) is 5.68. The molecule has 0 unspecified atom stereocenters. The number of hydrogen-bond acceptors (Lipinski definition) is 6. The van der Waals surface area contributed by atoms with E-state index in [1.807, 2.05) is 60.7 Å². The van der Waals surface area contributed by atoms with Crippen LogP contribution >= 0.6 is 34.5 Å². The average molecular weight is 528 g/mol. The van der Waals surface area contributed by atoms with Gasteiger partial charge in [0.2, 0.25) is 0 Å². The first-order valence-electron chi connectivity index (χ1n) is 10.9. The summed E-state index contributed by atoms with van der Waals surface area (Å²) in [6.07, 6.45) is 2.91. The Balaban J connectivity index is 1.57. The Morgan fingerprint density at radius 3 is 2.33 bits per heavy atom. The quantitative estimate of drug-likeness (QED) is 0.233. The Morgan fingerprint density at radius 1 is 0.889 bits per heavy atom. The average Bonchev–Trinajstić information content (AvgIpc) is 3.29. The summed E-state index contributed by atoms with van der Waals surface area (Å²) in [7, 11) is 0.